The number of benzene rings is 1. The molecule has 1 atom stereocenters. The molecule has 0 aliphatic carbocycles. The summed E-state index contributed by atoms with van der Waals surface area (Å²) in [5.41, 5.74) is 2.24. The smallest absolute Gasteiger partial charge is 0.337 e. The van der Waals surface area contributed by atoms with Crippen LogP contribution in [0.5, 0.6) is 0 Å². The molecule has 0 saturated carbocycles. The highest BCUT2D eigenvalue weighted by molar-refractivity contribution is 5.74. The number of hydrogen-bond donors (Lipinski definition) is 2. The maximum absolute atomic E-state index is 11.4. The predicted octanol–water partition coefficient (Wildman–Crippen LogP) is 1.86. The van der Waals surface area contributed by atoms with Gasteiger partial charge in [-0.15, -0.1) is 0 Å². The van der Waals surface area contributed by atoms with E-state index < -0.39 is 12.1 Å². The fourth-order valence-corrected chi connectivity index (χ4v) is 2.01. The summed E-state index contributed by atoms with van der Waals surface area (Å²) >= 11 is 0. The molecule has 1 rings (SSSR count). The number of hydrogen-bond acceptors (Lipinski definition) is 4. The fraction of sp³-hybridized carbons (Fsp3) is 0.467. The van der Waals surface area contributed by atoms with E-state index in [2.05, 4.69) is 0 Å². The summed E-state index contributed by atoms with van der Waals surface area (Å²) in [6.45, 7) is 4.08. The van der Waals surface area contributed by atoms with Crippen molar-refractivity contribution in [3.05, 3.63) is 34.9 Å². The fourth-order valence-electron chi connectivity index (χ4n) is 2.01. The molecule has 0 fully saturated rings. The summed E-state index contributed by atoms with van der Waals surface area (Å²) in [6, 6.07) is 5.05. The van der Waals surface area contributed by atoms with E-state index in [1.807, 2.05) is 6.92 Å². The summed E-state index contributed by atoms with van der Waals surface area (Å²) in [5.74, 6) is -1.57. The molecule has 5 heteroatoms. The number of ether oxygens (including phenoxy) is 1. The molecule has 0 aliphatic rings. The van der Waals surface area contributed by atoms with E-state index in [4.69, 9.17) is 9.84 Å². The summed E-state index contributed by atoms with van der Waals surface area (Å²) in [5, 5.41) is 18.4. The molecule has 0 aromatic heterocycles. The topological polar surface area (TPSA) is 83.8 Å². The van der Waals surface area contributed by atoms with Crippen molar-refractivity contribution in [1.29, 1.82) is 0 Å². The maximum atomic E-state index is 11.4. The minimum atomic E-state index is -1.54. The van der Waals surface area contributed by atoms with Gasteiger partial charge in [0, 0.05) is 6.42 Å². The van der Waals surface area contributed by atoms with Crippen LogP contribution in [-0.2, 0) is 27.2 Å². The molecule has 0 amide bonds. The van der Waals surface area contributed by atoms with Gasteiger partial charge in [0.25, 0.3) is 0 Å². The van der Waals surface area contributed by atoms with Crippen LogP contribution in [0, 0.1) is 0 Å². The SMILES string of the molecule is CCOC(=O)CCc1cc(C(O)C(=O)O)ccc1CC. The lowest BCUT2D eigenvalue weighted by Gasteiger charge is -2.12. The average Bonchev–Trinajstić information content (AvgIpc) is 2.44. The highest BCUT2D eigenvalue weighted by atomic mass is 16.5. The Bertz CT molecular complexity index is 481. The molecule has 0 bridgehead atoms. The summed E-state index contributed by atoms with van der Waals surface area (Å²) in [4.78, 5) is 22.2. The normalized spacial score (nSPS) is 11.9. The van der Waals surface area contributed by atoms with E-state index in [0.717, 1.165) is 17.5 Å². The van der Waals surface area contributed by atoms with Gasteiger partial charge in [-0.2, -0.15) is 0 Å². The number of carbonyl (C=O) groups excluding carboxylic acids is 1. The Morgan fingerprint density at radius 3 is 2.50 bits per heavy atom. The molecule has 1 aromatic rings. The van der Waals surface area contributed by atoms with Crippen LogP contribution in [0.25, 0.3) is 0 Å². The second kappa shape index (κ2) is 7.65. The molecule has 0 radical (unpaired) electrons. The Kier molecular flexibility index (Phi) is 6.18. The lowest BCUT2D eigenvalue weighted by atomic mass is 9.96. The Hall–Kier alpha value is -1.88. The van der Waals surface area contributed by atoms with Crippen LogP contribution in [0.2, 0.25) is 0 Å². The largest absolute Gasteiger partial charge is 0.479 e. The molecule has 0 heterocycles. The van der Waals surface area contributed by atoms with E-state index in [1.54, 1.807) is 25.1 Å². The Morgan fingerprint density at radius 1 is 1.25 bits per heavy atom. The van der Waals surface area contributed by atoms with Gasteiger partial charge in [-0.25, -0.2) is 4.79 Å². The van der Waals surface area contributed by atoms with E-state index in [0.29, 0.717) is 18.6 Å². The number of aliphatic carboxylic acids is 1. The molecule has 0 saturated heterocycles. The van der Waals surface area contributed by atoms with Crippen molar-refractivity contribution in [3.63, 3.8) is 0 Å². The number of aliphatic hydroxyl groups excluding tert-OH is 1. The lowest BCUT2D eigenvalue weighted by molar-refractivity contribution is -0.147. The first-order valence-corrected chi connectivity index (χ1v) is 6.67. The van der Waals surface area contributed by atoms with Crippen LogP contribution >= 0.6 is 0 Å². The van der Waals surface area contributed by atoms with Crippen LogP contribution in [-0.4, -0.2) is 28.8 Å². The van der Waals surface area contributed by atoms with E-state index in [-0.39, 0.29) is 12.4 Å². The van der Waals surface area contributed by atoms with Crippen molar-refractivity contribution in [1.82, 2.24) is 0 Å². The number of rotatable bonds is 7. The van der Waals surface area contributed by atoms with Crippen molar-refractivity contribution in [2.24, 2.45) is 0 Å². The van der Waals surface area contributed by atoms with Crippen molar-refractivity contribution < 1.29 is 24.5 Å². The first-order chi connectivity index (χ1) is 9.49. The molecular formula is C15H20O5. The molecule has 2 N–H and O–H groups in total. The van der Waals surface area contributed by atoms with Crippen molar-refractivity contribution >= 4 is 11.9 Å². The lowest BCUT2D eigenvalue weighted by Crippen LogP contribution is -2.12. The average molecular weight is 280 g/mol. The van der Waals surface area contributed by atoms with Gasteiger partial charge in [0.05, 0.1) is 6.61 Å². The van der Waals surface area contributed by atoms with E-state index >= 15 is 0 Å². The Balaban J connectivity index is 2.89. The molecular weight excluding hydrogens is 260 g/mol. The molecule has 1 aromatic carbocycles. The number of carboxylic acids is 1. The Labute approximate surface area is 118 Å². The number of carbonyl (C=O) groups is 2. The zero-order chi connectivity index (χ0) is 15.1. The van der Waals surface area contributed by atoms with Gasteiger partial charge < -0.3 is 14.9 Å². The molecule has 0 aliphatic heterocycles. The highest BCUT2D eigenvalue weighted by Crippen LogP contribution is 2.20. The third-order valence-corrected chi connectivity index (χ3v) is 3.06. The Morgan fingerprint density at radius 2 is 1.95 bits per heavy atom. The third kappa shape index (κ3) is 4.35. The first-order valence-electron chi connectivity index (χ1n) is 6.67. The number of esters is 1. The second-order valence-electron chi connectivity index (χ2n) is 4.43. The summed E-state index contributed by atoms with van der Waals surface area (Å²) in [7, 11) is 0. The third-order valence-electron chi connectivity index (χ3n) is 3.06. The minimum Gasteiger partial charge on any atom is -0.479 e. The molecule has 0 spiro atoms. The maximum Gasteiger partial charge on any atom is 0.337 e. The standard InChI is InChI=1S/C15H20O5/c1-3-10-5-6-12(14(17)15(18)19)9-11(10)7-8-13(16)20-4-2/h5-6,9,14,17H,3-4,7-8H2,1-2H3,(H,18,19). The van der Waals surface area contributed by atoms with Gasteiger partial charge in [0.1, 0.15) is 0 Å². The number of aryl methyl sites for hydroxylation is 2. The molecule has 1 unspecified atom stereocenters. The van der Waals surface area contributed by atoms with Crippen LogP contribution in [0.15, 0.2) is 18.2 Å². The van der Waals surface area contributed by atoms with E-state index in [9.17, 15) is 14.7 Å². The van der Waals surface area contributed by atoms with E-state index in [1.165, 1.54) is 0 Å². The zero-order valence-electron chi connectivity index (χ0n) is 11.8. The predicted molar refractivity (Wildman–Crippen MR) is 73.4 cm³/mol. The highest BCUT2D eigenvalue weighted by Gasteiger charge is 2.17. The van der Waals surface area contributed by atoms with Crippen LogP contribution in [0.4, 0.5) is 0 Å². The summed E-state index contributed by atoms with van der Waals surface area (Å²) < 4.78 is 4.87. The van der Waals surface area contributed by atoms with Crippen LogP contribution < -0.4 is 0 Å². The van der Waals surface area contributed by atoms with Gasteiger partial charge in [-0.3, -0.25) is 4.79 Å². The zero-order valence-corrected chi connectivity index (χ0v) is 11.8. The number of carboxylic acid groups (broad SMARTS) is 1. The summed E-state index contributed by atoms with van der Waals surface area (Å²) in [6.07, 6.45) is -0.0423. The molecule has 110 valence electrons. The van der Waals surface area contributed by atoms with Crippen LogP contribution in [0.3, 0.4) is 0 Å². The van der Waals surface area contributed by atoms with Crippen molar-refractivity contribution in [3.8, 4) is 0 Å². The van der Waals surface area contributed by atoms with Gasteiger partial charge >= 0.3 is 11.9 Å². The number of aliphatic hydroxyl groups is 1. The first kappa shape index (κ1) is 16.2. The quantitative estimate of drug-likeness (QED) is 0.745. The van der Waals surface area contributed by atoms with Crippen LogP contribution in [0.1, 0.15) is 43.1 Å². The van der Waals surface area contributed by atoms with Crippen molar-refractivity contribution in [2.45, 2.75) is 39.2 Å². The van der Waals surface area contributed by atoms with Crippen molar-refractivity contribution in [2.75, 3.05) is 6.61 Å². The van der Waals surface area contributed by atoms with Gasteiger partial charge in [0.15, 0.2) is 6.10 Å². The monoisotopic (exact) mass is 280 g/mol. The second-order valence-corrected chi connectivity index (χ2v) is 4.43. The van der Waals surface area contributed by atoms with Gasteiger partial charge in [-0.05, 0) is 36.5 Å². The molecule has 20 heavy (non-hydrogen) atoms. The molecule has 5 nitrogen and oxygen atoms in total. The van der Waals surface area contributed by atoms with Gasteiger partial charge in [-0.1, -0.05) is 25.1 Å². The van der Waals surface area contributed by atoms with Gasteiger partial charge in [0.2, 0.25) is 0 Å². The minimum absolute atomic E-state index is 0.244.